The molecule has 0 unspecified atom stereocenters. The standard InChI is InChI=1S/C15H14ClN5O3/c1-3-24-15(22)10(7-17)8-18-20(2)14-9-21(23)13-6-11(16)4-5-12(13)19-14/h4-6,8-9,18H,3H2,1-2H3/b10-8+. The minimum absolute atomic E-state index is 0.165. The zero-order valence-electron chi connectivity index (χ0n) is 13.0. The van der Waals surface area contributed by atoms with Gasteiger partial charge in [-0.3, -0.25) is 5.01 Å². The summed E-state index contributed by atoms with van der Waals surface area (Å²) in [6.45, 7) is 1.81. The number of fused-ring (bicyclic) bond motifs is 1. The van der Waals surface area contributed by atoms with Crippen LogP contribution in [0.3, 0.4) is 0 Å². The smallest absolute Gasteiger partial charge is 0.350 e. The number of hydrogen-bond acceptors (Lipinski definition) is 7. The van der Waals surface area contributed by atoms with Gasteiger partial charge in [-0.15, -0.1) is 0 Å². The summed E-state index contributed by atoms with van der Waals surface area (Å²) >= 11 is 5.86. The summed E-state index contributed by atoms with van der Waals surface area (Å²) in [7, 11) is 1.58. The number of nitrogens with one attached hydrogen (secondary N) is 1. The third-order valence-electron chi connectivity index (χ3n) is 3.00. The van der Waals surface area contributed by atoms with E-state index in [1.807, 2.05) is 0 Å². The average Bonchev–Trinajstić information content (AvgIpc) is 2.56. The summed E-state index contributed by atoms with van der Waals surface area (Å²) in [5.74, 6) is -0.446. The van der Waals surface area contributed by atoms with Gasteiger partial charge in [0.2, 0.25) is 17.5 Å². The first kappa shape index (κ1) is 17.3. The maximum Gasteiger partial charge on any atom is 0.350 e. The number of hydrogen-bond donors (Lipinski definition) is 1. The van der Waals surface area contributed by atoms with Crippen LogP contribution in [-0.2, 0) is 9.53 Å². The van der Waals surface area contributed by atoms with Crippen LogP contribution in [0.2, 0.25) is 5.02 Å². The van der Waals surface area contributed by atoms with Gasteiger partial charge in [-0.05, 0) is 19.1 Å². The van der Waals surface area contributed by atoms with Gasteiger partial charge in [-0.1, -0.05) is 11.6 Å². The lowest BCUT2D eigenvalue weighted by Gasteiger charge is -2.17. The fourth-order valence-electron chi connectivity index (χ4n) is 1.83. The Morgan fingerprint density at radius 2 is 2.38 bits per heavy atom. The Morgan fingerprint density at radius 1 is 1.62 bits per heavy atom. The van der Waals surface area contributed by atoms with E-state index in [1.54, 1.807) is 32.2 Å². The Kier molecular flexibility index (Phi) is 5.39. The highest BCUT2D eigenvalue weighted by Gasteiger charge is 2.14. The number of rotatable bonds is 5. The van der Waals surface area contributed by atoms with Crippen LogP contribution in [0.1, 0.15) is 6.92 Å². The molecule has 1 N–H and O–H groups in total. The summed E-state index contributed by atoms with van der Waals surface area (Å²) in [6, 6.07) is 6.50. The number of hydrazine groups is 1. The number of anilines is 1. The van der Waals surface area contributed by atoms with E-state index in [4.69, 9.17) is 21.6 Å². The Labute approximate surface area is 143 Å². The Bertz CT molecular complexity index is 847. The van der Waals surface area contributed by atoms with Crippen molar-refractivity contribution in [3.05, 3.63) is 46.4 Å². The largest absolute Gasteiger partial charge is 0.618 e. The van der Waals surface area contributed by atoms with Crippen LogP contribution in [0, 0.1) is 16.5 Å². The molecule has 0 saturated heterocycles. The second kappa shape index (κ2) is 7.48. The summed E-state index contributed by atoms with van der Waals surface area (Å²) in [5, 5.41) is 22.8. The van der Waals surface area contributed by atoms with Crippen LogP contribution in [0.25, 0.3) is 11.0 Å². The zero-order valence-corrected chi connectivity index (χ0v) is 13.7. The van der Waals surface area contributed by atoms with E-state index >= 15 is 0 Å². The summed E-state index contributed by atoms with van der Waals surface area (Å²) in [5.41, 5.74) is 3.28. The number of esters is 1. The van der Waals surface area contributed by atoms with Crippen molar-refractivity contribution in [2.24, 2.45) is 0 Å². The van der Waals surface area contributed by atoms with Crippen LogP contribution in [0.15, 0.2) is 36.2 Å². The van der Waals surface area contributed by atoms with Gasteiger partial charge in [-0.25, -0.2) is 9.78 Å². The molecule has 1 aromatic carbocycles. The molecular weight excluding hydrogens is 334 g/mol. The Hall–Kier alpha value is -3.05. The van der Waals surface area contributed by atoms with Crippen LogP contribution in [-0.4, -0.2) is 24.6 Å². The first-order chi connectivity index (χ1) is 11.5. The van der Waals surface area contributed by atoms with E-state index in [1.165, 1.54) is 23.5 Å². The molecule has 0 fully saturated rings. The van der Waals surface area contributed by atoms with E-state index in [-0.39, 0.29) is 18.0 Å². The minimum atomic E-state index is -0.735. The lowest BCUT2D eigenvalue weighted by atomic mass is 10.3. The molecular formula is C15H14ClN5O3. The minimum Gasteiger partial charge on any atom is -0.618 e. The third-order valence-corrected chi connectivity index (χ3v) is 3.24. The van der Waals surface area contributed by atoms with E-state index in [2.05, 4.69) is 10.4 Å². The quantitative estimate of drug-likeness (QED) is 0.218. The Morgan fingerprint density at radius 3 is 3.04 bits per heavy atom. The number of benzene rings is 1. The van der Waals surface area contributed by atoms with Crippen LogP contribution in [0.4, 0.5) is 5.82 Å². The number of carbonyl (C=O) groups excluding carboxylic acids is 1. The van der Waals surface area contributed by atoms with Crippen molar-refractivity contribution < 1.29 is 14.3 Å². The summed E-state index contributed by atoms with van der Waals surface area (Å²) in [4.78, 5) is 15.8. The van der Waals surface area contributed by atoms with Gasteiger partial charge in [-0.2, -0.15) is 9.99 Å². The average molecular weight is 348 g/mol. The van der Waals surface area contributed by atoms with Crippen molar-refractivity contribution in [2.75, 3.05) is 18.7 Å². The molecule has 0 radical (unpaired) electrons. The van der Waals surface area contributed by atoms with E-state index in [9.17, 15) is 10.0 Å². The zero-order chi connectivity index (χ0) is 17.7. The van der Waals surface area contributed by atoms with Crippen molar-refractivity contribution in [2.45, 2.75) is 6.92 Å². The van der Waals surface area contributed by atoms with Gasteiger partial charge in [0.05, 0.1) is 6.61 Å². The van der Waals surface area contributed by atoms with Gasteiger partial charge in [0, 0.05) is 24.3 Å². The molecule has 1 aromatic heterocycles. The first-order valence-electron chi connectivity index (χ1n) is 6.93. The normalized spacial score (nSPS) is 11.0. The lowest BCUT2D eigenvalue weighted by molar-refractivity contribution is -0.576. The molecule has 0 aliphatic carbocycles. The second-order valence-electron chi connectivity index (χ2n) is 4.64. The highest BCUT2D eigenvalue weighted by Crippen LogP contribution is 2.17. The molecule has 9 heteroatoms. The molecule has 0 atom stereocenters. The number of nitrogens with zero attached hydrogens (tertiary/aromatic N) is 4. The molecule has 2 aromatic rings. The number of nitriles is 1. The monoisotopic (exact) mass is 347 g/mol. The molecule has 1 heterocycles. The molecule has 0 saturated carbocycles. The first-order valence-corrected chi connectivity index (χ1v) is 7.30. The topological polar surface area (TPSA) is 105 Å². The van der Waals surface area contributed by atoms with Gasteiger partial charge in [0.15, 0.2) is 5.57 Å². The molecule has 124 valence electrons. The molecule has 0 aliphatic heterocycles. The van der Waals surface area contributed by atoms with Crippen molar-refractivity contribution in [1.82, 2.24) is 10.4 Å². The molecule has 0 spiro atoms. The summed E-state index contributed by atoms with van der Waals surface area (Å²) < 4.78 is 5.39. The number of ether oxygens (including phenoxy) is 1. The molecule has 0 bridgehead atoms. The van der Waals surface area contributed by atoms with Crippen LogP contribution in [0.5, 0.6) is 0 Å². The van der Waals surface area contributed by atoms with Crippen LogP contribution < -0.4 is 15.2 Å². The highest BCUT2D eigenvalue weighted by molar-refractivity contribution is 6.31. The van der Waals surface area contributed by atoms with Gasteiger partial charge in [0.1, 0.15) is 11.6 Å². The lowest BCUT2D eigenvalue weighted by Crippen LogP contribution is -2.35. The molecule has 24 heavy (non-hydrogen) atoms. The van der Waals surface area contributed by atoms with Crippen molar-refractivity contribution in [1.29, 1.82) is 5.26 Å². The SMILES string of the molecule is CCOC(=O)/C(C#N)=C/NN(C)c1c[n+]([O-])c2cc(Cl)ccc2n1. The number of halogens is 1. The predicted molar refractivity (Wildman–Crippen MR) is 87.6 cm³/mol. The number of carbonyl (C=O) groups is 1. The molecule has 0 amide bonds. The van der Waals surface area contributed by atoms with Gasteiger partial charge < -0.3 is 15.4 Å². The van der Waals surface area contributed by atoms with E-state index < -0.39 is 5.97 Å². The third kappa shape index (κ3) is 3.83. The molecule has 2 rings (SSSR count). The van der Waals surface area contributed by atoms with E-state index in [0.29, 0.717) is 20.8 Å². The molecule has 0 aliphatic rings. The fourth-order valence-corrected chi connectivity index (χ4v) is 2.00. The van der Waals surface area contributed by atoms with Crippen molar-refractivity contribution in [3.63, 3.8) is 0 Å². The summed E-state index contributed by atoms with van der Waals surface area (Å²) in [6.07, 6.45) is 2.43. The maximum atomic E-state index is 12.1. The molecule has 8 nitrogen and oxygen atoms in total. The van der Waals surface area contributed by atoms with Crippen LogP contribution >= 0.6 is 11.6 Å². The second-order valence-corrected chi connectivity index (χ2v) is 5.07. The highest BCUT2D eigenvalue weighted by atomic mass is 35.5. The van der Waals surface area contributed by atoms with E-state index in [0.717, 1.165) is 0 Å². The Balaban J connectivity index is 2.25. The fraction of sp³-hybridized carbons (Fsp3) is 0.200. The van der Waals surface area contributed by atoms with Gasteiger partial charge in [0.25, 0.3) is 0 Å². The van der Waals surface area contributed by atoms with Crippen molar-refractivity contribution in [3.8, 4) is 6.07 Å². The predicted octanol–water partition coefficient (Wildman–Crippen LogP) is 1.43. The van der Waals surface area contributed by atoms with Gasteiger partial charge >= 0.3 is 5.97 Å². The maximum absolute atomic E-state index is 12.1. The number of aromatic nitrogens is 2. The van der Waals surface area contributed by atoms with Crippen molar-refractivity contribution >= 4 is 34.4 Å².